The van der Waals surface area contributed by atoms with Crippen molar-refractivity contribution in [3.63, 3.8) is 0 Å². The van der Waals surface area contributed by atoms with Crippen molar-refractivity contribution in [1.82, 2.24) is 9.88 Å². The number of aromatic amines is 1. The number of alkyl halides is 1. The Morgan fingerprint density at radius 3 is 2.87 bits per heavy atom. The van der Waals surface area contributed by atoms with Crippen molar-refractivity contribution in [2.45, 2.75) is 18.5 Å². The molecule has 3 heterocycles. The van der Waals surface area contributed by atoms with Gasteiger partial charge in [0.1, 0.15) is 11.9 Å². The summed E-state index contributed by atoms with van der Waals surface area (Å²) in [5.74, 6) is -0.505. The zero-order valence-corrected chi connectivity index (χ0v) is 16.9. The molecule has 2 aromatic carbocycles. The topological polar surface area (TPSA) is 80.9 Å². The number of carbonyl (C=O) groups is 2. The van der Waals surface area contributed by atoms with Crippen LogP contribution in [0.2, 0.25) is 0 Å². The summed E-state index contributed by atoms with van der Waals surface area (Å²) in [6.45, 7) is 0.0799. The number of fused-ring (bicyclic) bond motifs is 4. The lowest BCUT2D eigenvalue weighted by molar-refractivity contribution is -0.154. The second-order valence-corrected chi connectivity index (χ2v) is 7.35. The number of hydrogen-bond donors (Lipinski definition) is 1. The monoisotopic (exact) mass is 427 g/mol. The van der Waals surface area contributed by atoms with Crippen LogP contribution < -0.4 is 9.47 Å². The van der Waals surface area contributed by atoms with E-state index in [0.717, 1.165) is 16.5 Å². The van der Waals surface area contributed by atoms with E-state index in [2.05, 4.69) is 4.98 Å². The molecule has 154 valence electrons. The van der Waals surface area contributed by atoms with Gasteiger partial charge in [0.2, 0.25) is 12.7 Å². The Hall–Kier alpha value is -3.19. The Morgan fingerprint density at radius 1 is 1.27 bits per heavy atom. The zero-order chi connectivity index (χ0) is 21.8. The van der Waals surface area contributed by atoms with Crippen molar-refractivity contribution in [2.24, 2.45) is 0 Å². The van der Waals surface area contributed by atoms with Gasteiger partial charge in [-0.05, 0) is 29.3 Å². The first-order valence-corrected chi connectivity index (χ1v) is 9.98. The maximum absolute atomic E-state index is 13.0. The number of H-pyrrole nitrogens is 1. The molecule has 30 heavy (non-hydrogen) atoms. The number of hydrogen-bond acceptors (Lipinski definition) is 5. The number of methoxy groups -OCH3 is 1. The molecule has 1 amide bonds. The number of esters is 1. The highest BCUT2D eigenvalue weighted by atomic mass is 35.5. The fourth-order valence-electron chi connectivity index (χ4n) is 4.19. The van der Waals surface area contributed by atoms with E-state index in [0.29, 0.717) is 22.8 Å². The molecular formula is C22H19ClN2O5. The van der Waals surface area contributed by atoms with Crippen LogP contribution in [0.3, 0.4) is 0 Å². The Bertz CT molecular complexity index is 1210. The van der Waals surface area contributed by atoms with Gasteiger partial charge in [-0.2, -0.15) is 0 Å². The highest BCUT2D eigenvalue weighted by molar-refractivity contribution is 6.27. The minimum atomic E-state index is -1.77. The van der Waals surface area contributed by atoms with Crippen LogP contribution in [0.25, 0.3) is 10.9 Å². The van der Waals surface area contributed by atoms with Crippen molar-refractivity contribution >= 4 is 34.4 Å². The molecule has 1 aromatic heterocycles. The Morgan fingerprint density at radius 2 is 2.07 bits per heavy atom. The summed E-state index contributed by atoms with van der Waals surface area (Å²) in [4.78, 5) is 30.3. The number of nitrogens with one attached hydrogen (secondary N) is 1. The highest BCUT2D eigenvalue weighted by Gasteiger charge is 2.44. The van der Waals surface area contributed by atoms with Gasteiger partial charge in [0.25, 0.3) is 0 Å². The van der Waals surface area contributed by atoms with Crippen LogP contribution in [-0.4, -0.2) is 47.6 Å². The lowest BCUT2D eigenvalue weighted by atomic mass is 9.87. The third-order valence-electron chi connectivity index (χ3n) is 5.50. The number of amides is 1. The number of aromatic nitrogens is 1. The molecule has 2 atom stereocenters. The fourth-order valence-corrected chi connectivity index (χ4v) is 4.32. The molecule has 3 aromatic rings. The first-order chi connectivity index (χ1) is 15.0. The van der Waals surface area contributed by atoms with Gasteiger partial charge in [0, 0.05) is 23.0 Å². The summed E-state index contributed by atoms with van der Waals surface area (Å²) in [5.41, 5.74) is 2.55. The smallest absolute Gasteiger partial charge is 0.328 e. The number of para-hydroxylation sites is 1. The molecule has 0 spiro atoms. The van der Waals surface area contributed by atoms with Crippen molar-refractivity contribution in [1.29, 1.82) is 0 Å². The third kappa shape index (κ3) is 2.81. The van der Waals surface area contributed by atoms with E-state index in [4.69, 9.17) is 25.8 Å². The predicted octanol–water partition coefficient (Wildman–Crippen LogP) is 3.15. The average Bonchev–Trinajstić information content (AvgIpc) is 3.42. The lowest BCUT2D eigenvalue weighted by Crippen LogP contribution is -2.52. The predicted molar refractivity (Wildman–Crippen MR) is 110 cm³/mol. The number of carbonyl (C=O) groups excluding carboxylic acids is 2. The largest absolute Gasteiger partial charge is 0.467 e. The maximum atomic E-state index is 13.0. The number of halogens is 1. The second kappa shape index (κ2) is 7.25. The lowest BCUT2D eigenvalue weighted by Gasteiger charge is -2.40. The highest BCUT2D eigenvalue weighted by Crippen LogP contribution is 2.44. The van der Waals surface area contributed by atoms with Gasteiger partial charge in [0.15, 0.2) is 11.5 Å². The minimum Gasteiger partial charge on any atom is -0.467 e. The van der Waals surface area contributed by atoms with E-state index < -0.39 is 23.9 Å². The molecule has 0 fully saturated rings. The third-order valence-corrected chi connectivity index (χ3v) is 5.73. The van der Waals surface area contributed by atoms with E-state index in [1.807, 2.05) is 24.3 Å². The van der Waals surface area contributed by atoms with Crippen LogP contribution in [0.1, 0.15) is 24.2 Å². The van der Waals surface area contributed by atoms with Crippen molar-refractivity contribution in [2.75, 3.05) is 19.8 Å². The molecule has 1 N–H and O–H groups in total. The van der Waals surface area contributed by atoms with E-state index in [1.165, 1.54) is 12.0 Å². The van der Waals surface area contributed by atoms with E-state index >= 15 is 0 Å². The van der Waals surface area contributed by atoms with E-state index in [1.54, 1.807) is 18.2 Å². The number of ether oxygens (including phenoxy) is 3. The summed E-state index contributed by atoms with van der Waals surface area (Å²) in [6, 6.07) is 9.89. The molecule has 0 aliphatic carbocycles. The van der Waals surface area contributed by atoms with Crippen LogP contribution in [0.15, 0.2) is 42.5 Å². The van der Waals surface area contributed by atoms with Crippen LogP contribution in [-0.2, 0) is 20.7 Å². The van der Waals surface area contributed by atoms with Gasteiger partial charge < -0.3 is 24.1 Å². The summed E-state index contributed by atoms with van der Waals surface area (Å²) < 4.78 is 25.5. The van der Waals surface area contributed by atoms with Crippen LogP contribution >= 0.6 is 11.6 Å². The Balaban J connectivity index is 1.81. The first-order valence-electron chi connectivity index (χ1n) is 9.95. The van der Waals surface area contributed by atoms with Crippen molar-refractivity contribution < 1.29 is 25.2 Å². The zero-order valence-electron chi connectivity index (χ0n) is 17.1. The SMILES string of the molecule is [2H][C@@]1(c2ccc3c(c2)OCO3)c2[nH]c3ccccc3c2C[C@H](C(=O)OC)N1C(=O)CCl. The van der Waals surface area contributed by atoms with E-state index in [-0.39, 0.29) is 19.1 Å². The van der Waals surface area contributed by atoms with E-state index in [9.17, 15) is 11.0 Å². The van der Waals surface area contributed by atoms with Gasteiger partial charge in [-0.3, -0.25) is 4.79 Å². The maximum Gasteiger partial charge on any atom is 0.328 e. The molecule has 2 aliphatic rings. The Labute approximate surface area is 178 Å². The Kier molecular flexibility index (Phi) is 4.27. The molecule has 0 bridgehead atoms. The molecule has 2 aliphatic heterocycles. The summed E-state index contributed by atoms with van der Waals surface area (Å²) >= 11 is 5.93. The van der Waals surface area contributed by atoms with Gasteiger partial charge in [-0.1, -0.05) is 24.3 Å². The van der Waals surface area contributed by atoms with Crippen LogP contribution in [0.4, 0.5) is 0 Å². The minimum absolute atomic E-state index is 0.0799. The van der Waals surface area contributed by atoms with Gasteiger partial charge >= 0.3 is 5.97 Å². The second-order valence-electron chi connectivity index (χ2n) is 7.08. The van der Waals surface area contributed by atoms with Crippen molar-refractivity contribution in [3.8, 4) is 11.5 Å². The molecule has 8 heteroatoms. The quantitative estimate of drug-likeness (QED) is 0.513. The standard InChI is InChI=1S/C22H19ClN2O5/c1-28-22(27)16-9-14-13-4-2-3-5-15(13)24-20(14)21(25(16)19(26)10-23)12-6-7-17-18(8-12)30-11-29-17/h2-8,16,21,24H,9-11H2,1H3/t16-,21-/m1/s1/i21D. The number of nitrogens with zero attached hydrogens (tertiary/aromatic N) is 1. The molecule has 0 saturated carbocycles. The van der Waals surface area contributed by atoms with Gasteiger partial charge in [-0.25, -0.2) is 4.79 Å². The van der Waals surface area contributed by atoms with Crippen LogP contribution in [0, 0.1) is 0 Å². The molecule has 0 radical (unpaired) electrons. The molecular weight excluding hydrogens is 408 g/mol. The van der Waals surface area contributed by atoms with Gasteiger partial charge in [0.05, 0.1) is 14.5 Å². The summed E-state index contributed by atoms with van der Waals surface area (Å²) in [6.07, 6.45) is 0.208. The molecule has 0 saturated heterocycles. The average molecular weight is 428 g/mol. The van der Waals surface area contributed by atoms with Crippen molar-refractivity contribution in [3.05, 3.63) is 59.3 Å². The first kappa shape index (κ1) is 17.7. The number of benzene rings is 2. The fraction of sp³-hybridized carbons (Fsp3) is 0.273. The summed E-state index contributed by atoms with van der Waals surface area (Å²) in [5, 5.41) is 0.891. The number of rotatable bonds is 3. The summed E-state index contributed by atoms with van der Waals surface area (Å²) in [7, 11) is 1.27. The normalized spacial score (nSPS) is 22.5. The molecule has 5 rings (SSSR count). The molecule has 7 nitrogen and oxygen atoms in total. The van der Waals surface area contributed by atoms with Gasteiger partial charge in [-0.15, -0.1) is 11.6 Å². The molecule has 0 unspecified atom stereocenters. The van der Waals surface area contributed by atoms with Crippen LogP contribution in [0.5, 0.6) is 11.5 Å².